The van der Waals surface area contributed by atoms with Crippen molar-refractivity contribution in [1.29, 1.82) is 0 Å². The molecule has 5 heteroatoms. The van der Waals surface area contributed by atoms with Gasteiger partial charge < -0.3 is 10.5 Å². The molecule has 1 aromatic carbocycles. The Bertz CT molecular complexity index is 333. The Balaban J connectivity index is 0.00000196. The predicted octanol–water partition coefficient (Wildman–Crippen LogP) is 1.29. The minimum Gasteiger partial charge on any atom is -0.468 e. The molecule has 0 aliphatic carbocycles. The van der Waals surface area contributed by atoms with Crippen LogP contribution < -0.4 is 5.73 Å². The van der Waals surface area contributed by atoms with E-state index in [-0.39, 0.29) is 24.6 Å². The summed E-state index contributed by atoms with van der Waals surface area (Å²) in [6, 6.07) is 5.40. The number of rotatable bonds is 3. The van der Waals surface area contributed by atoms with Crippen LogP contribution >= 0.6 is 12.4 Å². The zero-order valence-corrected chi connectivity index (χ0v) is 9.09. The maximum atomic E-state index is 13.1. The predicted molar refractivity (Wildman–Crippen MR) is 57.3 cm³/mol. The van der Waals surface area contributed by atoms with E-state index in [0.29, 0.717) is 5.56 Å². The van der Waals surface area contributed by atoms with Crippen LogP contribution in [0.5, 0.6) is 0 Å². The lowest BCUT2D eigenvalue weighted by Crippen LogP contribution is -2.33. The number of esters is 1. The number of hydrogen-bond donors (Lipinski definition) is 1. The average molecular weight is 234 g/mol. The van der Waals surface area contributed by atoms with Crippen molar-refractivity contribution < 1.29 is 13.9 Å². The summed E-state index contributed by atoms with van der Waals surface area (Å²) in [5, 5.41) is 0. The van der Waals surface area contributed by atoms with Crippen LogP contribution in [0.25, 0.3) is 0 Å². The van der Waals surface area contributed by atoms with Gasteiger partial charge in [-0.1, -0.05) is 18.2 Å². The molecule has 15 heavy (non-hydrogen) atoms. The molecule has 1 aromatic rings. The summed E-state index contributed by atoms with van der Waals surface area (Å²) in [5.74, 6) is -0.889. The second kappa shape index (κ2) is 6.37. The molecule has 0 fully saturated rings. The number of halogens is 2. The number of nitrogens with two attached hydrogens (primary N) is 1. The Hall–Kier alpha value is -1.13. The summed E-state index contributed by atoms with van der Waals surface area (Å²) in [6.45, 7) is 0. The van der Waals surface area contributed by atoms with Gasteiger partial charge in [0.05, 0.1) is 7.11 Å². The molecule has 0 amide bonds. The molecular formula is C10H13ClFNO2. The Labute approximate surface area is 93.8 Å². The van der Waals surface area contributed by atoms with Gasteiger partial charge in [-0.15, -0.1) is 12.4 Å². The normalized spacial score (nSPS) is 11.4. The Morgan fingerprint density at radius 3 is 2.67 bits per heavy atom. The largest absolute Gasteiger partial charge is 0.468 e. The van der Waals surface area contributed by atoms with Crippen LogP contribution in [0.4, 0.5) is 4.39 Å². The molecule has 0 spiro atoms. The number of ether oxygens (including phenoxy) is 1. The van der Waals surface area contributed by atoms with Gasteiger partial charge in [0.1, 0.15) is 11.9 Å². The Kier molecular flexibility index (Phi) is 5.89. The van der Waals surface area contributed by atoms with E-state index in [1.165, 1.54) is 13.2 Å². The fourth-order valence-electron chi connectivity index (χ4n) is 1.14. The minimum absolute atomic E-state index is 0. The summed E-state index contributed by atoms with van der Waals surface area (Å²) in [4.78, 5) is 11.0. The molecule has 1 atom stereocenters. The zero-order valence-electron chi connectivity index (χ0n) is 8.27. The van der Waals surface area contributed by atoms with E-state index in [9.17, 15) is 9.18 Å². The van der Waals surface area contributed by atoms with Crippen molar-refractivity contribution in [3.05, 3.63) is 35.6 Å². The topological polar surface area (TPSA) is 52.3 Å². The summed E-state index contributed by atoms with van der Waals surface area (Å²) >= 11 is 0. The quantitative estimate of drug-likeness (QED) is 0.801. The molecule has 1 rings (SSSR count). The highest BCUT2D eigenvalue weighted by atomic mass is 35.5. The van der Waals surface area contributed by atoms with Crippen molar-refractivity contribution in [3.63, 3.8) is 0 Å². The van der Waals surface area contributed by atoms with Crippen molar-refractivity contribution in [1.82, 2.24) is 0 Å². The lowest BCUT2D eigenvalue weighted by molar-refractivity contribution is -0.142. The van der Waals surface area contributed by atoms with Gasteiger partial charge in [-0.3, -0.25) is 4.79 Å². The lowest BCUT2D eigenvalue weighted by atomic mass is 10.1. The first kappa shape index (κ1) is 13.9. The molecule has 0 aliphatic rings. The zero-order chi connectivity index (χ0) is 10.6. The van der Waals surface area contributed by atoms with Crippen LogP contribution in [-0.2, 0) is 16.0 Å². The van der Waals surface area contributed by atoms with Crippen LogP contribution in [0, 0.1) is 5.82 Å². The molecule has 0 aromatic heterocycles. The molecule has 3 nitrogen and oxygen atoms in total. The van der Waals surface area contributed by atoms with Crippen LogP contribution in [0.3, 0.4) is 0 Å². The van der Waals surface area contributed by atoms with Crippen molar-refractivity contribution in [3.8, 4) is 0 Å². The number of hydrogen-bond acceptors (Lipinski definition) is 3. The highest BCUT2D eigenvalue weighted by molar-refractivity contribution is 5.85. The molecule has 0 aliphatic heterocycles. The van der Waals surface area contributed by atoms with Gasteiger partial charge in [-0.2, -0.15) is 0 Å². The summed E-state index contributed by atoms with van der Waals surface area (Å²) in [6.07, 6.45) is 0.152. The first-order chi connectivity index (χ1) is 6.65. The molecule has 84 valence electrons. The maximum absolute atomic E-state index is 13.1. The van der Waals surface area contributed by atoms with Gasteiger partial charge in [0.15, 0.2) is 0 Å². The smallest absolute Gasteiger partial charge is 0.322 e. The molecule has 0 heterocycles. The summed E-state index contributed by atoms with van der Waals surface area (Å²) < 4.78 is 17.5. The van der Waals surface area contributed by atoms with E-state index < -0.39 is 12.0 Å². The molecular weight excluding hydrogens is 221 g/mol. The van der Waals surface area contributed by atoms with E-state index >= 15 is 0 Å². The standard InChI is InChI=1S/C10H12FNO2.ClH/c1-14-10(13)9(12)6-7-4-2-3-5-8(7)11;/h2-5,9H,6,12H2,1H3;1H/t9-;/m1./s1. The second-order valence-corrected chi connectivity index (χ2v) is 2.93. The third kappa shape index (κ3) is 3.85. The molecule has 0 radical (unpaired) electrons. The fraction of sp³-hybridized carbons (Fsp3) is 0.300. The third-order valence-electron chi connectivity index (χ3n) is 1.90. The van der Waals surface area contributed by atoms with Gasteiger partial charge in [-0.05, 0) is 11.6 Å². The van der Waals surface area contributed by atoms with E-state index in [0.717, 1.165) is 0 Å². The summed E-state index contributed by atoms with van der Waals surface area (Å²) in [7, 11) is 1.25. The monoisotopic (exact) mass is 233 g/mol. The number of carbonyl (C=O) groups is 1. The fourth-order valence-corrected chi connectivity index (χ4v) is 1.14. The van der Waals surface area contributed by atoms with Crippen LogP contribution in [0.15, 0.2) is 24.3 Å². The highest BCUT2D eigenvalue weighted by Crippen LogP contribution is 2.08. The maximum Gasteiger partial charge on any atom is 0.322 e. The number of methoxy groups -OCH3 is 1. The van der Waals surface area contributed by atoms with Gasteiger partial charge in [-0.25, -0.2) is 4.39 Å². The van der Waals surface area contributed by atoms with Crippen LogP contribution in [-0.4, -0.2) is 19.1 Å². The molecule has 0 bridgehead atoms. The number of benzene rings is 1. The first-order valence-electron chi connectivity index (χ1n) is 4.22. The molecule has 0 saturated carbocycles. The minimum atomic E-state index is -0.808. The Morgan fingerprint density at radius 1 is 1.53 bits per heavy atom. The van der Waals surface area contributed by atoms with Gasteiger partial charge in [0, 0.05) is 6.42 Å². The van der Waals surface area contributed by atoms with Gasteiger partial charge in [0.25, 0.3) is 0 Å². The third-order valence-corrected chi connectivity index (χ3v) is 1.90. The first-order valence-corrected chi connectivity index (χ1v) is 4.22. The van der Waals surface area contributed by atoms with Gasteiger partial charge >= 0.3 is 5.97 Å². The van der Waals surface area contributed by atoms with Crippen molar-refractivity contribution in [2.45, 2.75) is 12.5 Å². The molecule has 2 N–H and O–H groups in total. The average Bonchev–Trinajstić information content (AvgIpc) is 2.20. The van der Waals surface area contributed by atoms with Crippen LogP contribution in [0.2, 0.25) is 0 Å². The van der Waals surface area contributed by atoms with Crippen molar-refractivity contribution in [2.24, 2.45) is 5.73 Å². The Morgan fingerprint density at radius 2 is 2.13 bits per heavy atom. The van der Waals surface area contributed by atoms with E-state index in [1.54, 1.807) is 18.2 Å². The number of carbonyl (C=O) groups excluding carboxylic acids is 1. The highest BCUT2D eigenvalue weighted by Gasteiger charge is 2.15. The van der Waals surface area contributed by atoms with Crippen molar-refractivity contribution >= 4 is 18.4 Å². The SMILES string of the molecule is COC(=O)[C@H](N)Cc1ccccc1F.Cl. The van der Waals surface area contributed by atoms with E-state index in [1.807, 2.05) is 0 Å². The lowest BCUT2D eigenvalue weighted by Gasteiger charge is -2.09. The van der Waals surface area contributed by atoms with Crippen molar-refractivity contribution in [2.75, 3.05) is 7.11 Å². The van der Waals surface area contributed by atoms with Crippen LogP contribution in [0.1, 0.15) is 5.56 Å². The molecule has 0 unspecified atom stereocenters. The van der Waals surface area contributed by atoms with E-state index in [2.05, 4.69) is 4.74 Å². The van der Waals surface area contributed by atoms with E-state index in [4.69, 9.17) is 5.73 Å². The molecule has 0 saturated heterocycles. The summed E-state index contributed by atoms with van der Waals surface area (Å²) in [5.41, 5.74) is 5.91. The van der Waals surface area contributed by atoms with Gasteiger partial charge in [0.2, 0.25) is 0 Å². The second-order valence-electron chi connectivity index (χ2n) is 2.93.